The summed E-state index contributed by atoms with van der Waals surface area (Å²) in [6.45, 7) is 0.376. The van der Waals surface area contributed by atoms with Crippen LogP contribution in [0.25, 0.3) is 11.1 Å². The lowest BCUT2D eigenvalue weighted by Gasteiger charge is -2.06. The molecule has 0 unspecified atom stereocenters. The number of hydrogen-bond acceptors (Lipinski definition) is 2. The highest BCUT2D eigenvalue weighted by Crippen LogP contribution is 2.23. The maximum absolute atomic E-state index is 8.66. The van der Waals surface area contributed by atoms with E-state index in [0.717, 1.165) is 5.75 Å². The molecular weight excluding hydrogens is 327 g/mol. The van der Waals surface area contributed by atoms with E-state index >= 15 is 0 Å². The molecule has 2 aromatic rings. The highest BCUT2D eigenvalue weighted by Gasteiger charge is 1.99. The summed E-state index contributed by atoms with van der Waals surface area (Å²) in [5.74, 6) is 0.786. The van der Waals surface area contributed by atoms with Crippen molar-refractivity contribution in [2.45, 2.75) is 0 Å². The summed E-state index contributed by atoms with van der Waals surface area (Å²) in [6.07, 6.45) is 0. The number of aliphatic hydroxyl groups excluding tert-OH is 1. The van der Waals surface area contributed by atoms with Crippen molar-refractivity contribution >= 4 is 22.6 Å². The Balaban J connectivity index is 2.17. The van der Waals surface area contributed by atoms with Crippen LogP contribution in [-0.4, -0.2) is 18.3 Å². The Morgan fingerprint density at radius 2 is 1.76 bits per heavy atom. The van der Waals surface area contributed by atoms with E-state index in [1.807, 2.05) is 30.3 Å². The SMILES string of the molecule is OCCOc1ccc(-c2cccc(I)c2)cc1. The minimum absolute atomic E-state index is 0.0403. The molecule has 0 aliphatic rings. The van der Waals surface area contributed by atoms with E-state index in [9.17, 15) is 0 Å². The average Bonchev–Trinajstić information content (AvgIpc) is 2.37. The molecule has 88 valence electrons. The van der Waals surface area contributed by atoms with E-state index in [4.69, 9.17) is 9.84 Å². The van der Waals surface area contributed by atoms with Gasteiger partial charge in [0.1, 0.15) is 12.4 Å². The van der Waals surface area contributed by atoms with Crippen LogP contribution in [0.5, 0.6) is 5.75 Å². The lowest BCUT2D eigenvalue weighted by atomic mass is 10.1. The lowest BCUT2D eigenvalue weighted by molar-refractivity contribution is 0.201. The minimum atomic E-state index is 0.0403. The van der Waals surface area contributed by atoms with Crippen LogP contribution in [0.3, 0.4) is 0 Å². The van der Waals surface area contributed by atoms with Gasteiger partial charge in [0, 0.05) is 3.57 Å². The number of halogens is 1. The molecule has 2 aromatic carbocycles. The number of ether oxygens (including phenoxy) is 1. The van der Waals surface area contributed by atoms with Gasteiger partial charge in [0.2, 0.25) is 0 Å². The van der Waals surface area contributed by atoms with Gasteiger partial charge in [-0.15, -0.1) is 0 Å². The maximum Gasteiger partial charge on any atom is 0.119 e. The maximum atomic E-state index is 8.66. The third-order valence-corrected chi connectivity index (χ3v) is 3.04. The van der Waals surface area contributed by atoms with Crippen molar-refractivity contribution in [3.63, 3.8) is 0 Å². The summed E-state index contributed by atoms with van der Waals surface area (Å²) in [6, 6.07) is 16.2. The van der Waals surface area contributed by atoms with Crippen molar-refractivity contribution < 1.29 is 9.84 Å². The van der Waals surface area contributed by atoms with E-state index in [1.165, 1.54) is 14.7 Å². The summed E-state index contributed by atoms with van der Waals surface area (Å²) < 4.78 is 6.54. The molecule has 0 aliphatic carbocycles. The van der Waals surface area contributed by atoms with Crippen molar-refractivity contribution in [3.8, 4) is 16.9 Å². The molecule has 0 heterocycles. The first-order valence-electron chi connectivity index (χ1n) is 5.39. The fraction of sp³-hybridized carbons (Fsp3) is 0.143. The molecule has 2 rings (SSSR count). The molecule has 0 radical (unpaired) electrons. The molecule has 0 saturated carbocycles. The van der Waals surface area contributed by atoms with Crippen molar-refractivity contribution in [1.82, 2.24) is 0 Å². The first-order valence-corrected chi connectivity index (χ1v) is 6.47. The van der Waals surface area contributed by atoms with Crippen LogP contribution in [0.2, 0.25) is 0 Å². The first-order chi connectivity index (χ1) is 8.29. The van der Waals surface area contributed by atoms with Gasteiger partial charge in [-0.25, -0.2) is 0 Å². The molecule has 2 nitrogen and oxygen atoms in total. The summed E-state index contributed by atoms with van der Waals surface area (Å²) >= 11 is 2.30. The fourth-order valence-electron chi connectivity index (χ4n) is 1.58. The summed E-state index contributed by atoms with van der Waals surface area (Å²) in [4.78, 5) is 0. The zero-order valence-electron chi connectivity index (χ0n) is 9.27. The summed E-state index contributed by atoms with van der Waals surface area (Å²) in [5, 5.41) is 8.66. The zero-order chi connectivity index (χ0) is 12.1. The quantitative estimate of drug-likeness (QED) is 0.866. The number of benzene rings is 2. The monoisotopic (exact) mass is 340 g/mol. The molecule has 0 atom stereocenters. The van der Waals surface area contributed by atoms with Gasteiger partial charge < -0.3 is 9.84 Å². The largest absolute Gasteiger partial charge is 0.491 e. The molecule has 0 saturated heterocycles. The highest BCUT2D eigenvalue weighted by atomic mass is 127. The highest BCUT2D eigenvalue weighted by molar-refractivity contribution is 14.1. The van der Waals surface area contributed by atoms with Crippen molar-refractivity contribution in [1.29, 1.82) is 0 Å². The second-order valence-electron chi connectivity index (χ2n) is 3.61. The lowest BCUT2D eigenvalue weighted by Crippen LogP contribution is -2.01. The normalized spacial score (nSPS) is 10.2. The topological polar surface area (TPSA) is 29.5 Å². The Bertz CT molecular complexity index is 480. The Kier molecular flexibility index (Phi) is 4.39. The second kappa shape index (κ2) is 6.02. The molecule has 0 amide bonds. The van der Waals surface area contributed by atoms with Crippen molar-refractivity contribution in [2.75, 3.05) is 13.2 Å². The van der Waals surface area contributed by atoms with Crippen LogP contribution < -0.4 is 4.74 Å². The van der Waals surface area contributed by atoms with Gasteiger partial charge in [0.05, 0.1) is 6.61 Å². The molecule has 3 heteroatoms. The van der Waals surface area contributed by atoms with Crippen LogP contribution in [-0.2, 0) is 0 Å². The molecule has 0 spiro atoms. The molecule has 0 aliphatic heterocycles. The standard InChI is InChI=1S/C14H13IO2/c15-13-3-1-2-12(10-13)11-4-6-14(7-5-11)17-9-8-16/h1-7,10,16H,8-9H2. The number of rotatable bonds is 4. The van der Waals surface area contributed by atoms with Crippen molar-refractivity contribution in [2.24, 2.45) is 0 Å². The third-order valence-electron chi connectivity index (χ3n) is 2.37. The van der Waals surface area contributed by atoms with E-state index < -0.39 is 0 Å². The Labute approximate surface area is 114 Å². The van der Waals surface area contributed by atoms with Gasteiger partial charge in [-0.3, -0.25) is 0 Å². The predicted octanol–water partition coefficient (Wildman–Crippen LogP) is 3.33. The van der Waals surface area contributed by atoms with Gasteiger partial charge in [-0.2, -0.15) is 0 Å². The molecular formula is C14H13IO2. The van der Waals surface area contributed by atoms with E-state index in [0.29, 0.717) is 6.61 Å². The second-order valence-corrected chi connectivity index (χ2v) is 4.85. The molecule has 0 bridgehead atoms. The van der Waals surface area contributed by atoms with Crippen LogP contribution in [0.4, 0.5) is 0 Å². The predicted molar refractivity (Wildman–Crippen MR) is 77.2 cm³/mol. The van der Waals surface area contributed by atoms with E-state index in [2.05, 4.69) is 40.8 Å². The van der Waals surface area contributed by atoms with Crippen molar-refractivity contribution in [3.05, 3.63) is 52.1 Å². The zero-order valence-corrected chi connectivity index (χ0v) is 11.4. The molecule has 0 aromatic heterocycles. The molecule has 1 N–H and O–H groups in total. The van der Waals surface area contributed by atoms with E-state index in [-0.39, 0.29) is 6.61 Å². The van der Waals surface area contributed by atoms with Gasteiger partial charge >= 0.3 is 0 Å². The fourth-order valence-corrected chi connectivity index (χ4v) is 2.12. The van der Waals surface area contributed by atoms with Crippen LogP contribution in [0.15, 0.2) is 48.5 Å². The first kappa shape index (κ1) is 12.4. The van der Waals surface area contributed by atoms with E-state index in [1.54, 1.807) is 0 Å². The summed E-state index contributed by atoms with van der Waals surface area (Å²) in [7, 11) is 0. The molecule has 17 heavy (non-hydrogen) atoms. The smallest absolute Gasteiger partial charge is 0.119 e. The van der Waals surface area contributed by atoms with Crippen LogP contribution in [0.1, 0.15) is 0 Å². The Hall–Kier alpha value is -1.07. The van der Waals surface area contributed by atoms with Crippen LogP contribution >= 0.6 is 22.6 Å². The average molecular weight is 340 g/mol. The third kappa shape index (κ3) is 3.44. The van der Waals surface area contributed by atoms with Gasteiger partial charge in [-0.05, 0) is 58.0 Å². The van der Waals surface area contributed by atoms with Gasteiger partial charge in [0.15, 0.2) is 0 Å². The van der Waals surface area contributed by atoms with Crippen LogP contribution in [0, 0.1) is 3.57 Å². The number of aliphatic hydroxyl groups is 1. The number of hydrogen-bond donors (Lipinski definition) is 1. The van der Waals surface area contributed by atoms with Gasteiger partial charge in [-0.1, -0.05) is 24.3 Å². The molecule has 0 fully saturated rings. The Morgan fingerprint density at radius 1 is 1.00 bits per heavy atom. The Morgan fingerprint density at radius 3 is 2.41 bits per heavy atom. The minimum Gasteiger partial charge on any atom is -0.491 e. The summed E-state index contributed by atoms with van der Waals surface area (Å²) in [5.41, 5.74) is 2.37. The van der Waals surface area contributed by atoms with Gasteiger partial charge in [0.25, 0.3) is 0 Å².